The van der Waals surface area contributed by atoms with E-state index in [2.05, 4.69) is 35.9 Å². The Morgan fingerprint density at radius 2 is 2.05 bits per heavy atom. The van der Waals surface area contributed by atoms with Gasteiger partial charge in [0.2, 0.25) is 0 Å². The van der Waals surface area contributed by atoms with Crippen molar-refractivity contribution in [3.05, 3.63) is 64.3 Å². The first-order valence-corrected chi connectivity index (χ1v) is 7.36. The molecular weight excluding hydrogens is 278 g/mol. The molecule has 1 aliphatic rings. The number of hydrogen-bond donors (Lipinski definition) is 1. The third kappa shape index (κ3) is 2.54. The molecule has 1 aromatic heterocycles. The minimum absolute atomic E-state index is 0.0357. The topological polar surface area (TPSA) is 66.1 Å². The summed E-state index contributed by atoms with van der Waals surface area (Å²) < 4.78 is 0. The number of aromatic nitrogens is 2. The van der Waals surface area contributed by atoms with Crippen LogP contribution >= 0.6 is 0 Å². The first-order chi connectivity index (χ1) is 10.5. The molecular formula is C17H19N3O2. The third-order valence-electron chi connectivity index (χ3n) is 4.38. The zero-order valence-electron chi connectivity index (χ0n) is 12.7. The fraction of sp³-hybridized carbons (Fsp3) is 0.353. The number of benzene rings is 1. The summed E-state index contributed by atoms with van der Waals surface area (Å²) in [4.78, 5) is 32.4. The van der Waals surface area contributed by atoms with Gasteiger partial charge in [-0.15, -0.1) is 0 Å². The summed E-state index contributed by atoms with van der Waals surface area (Å²) in [5.41, 5.74) is 0.905. The normalized spacial score (nSPS) is 20.1. The molecule has 0 bridgehead atoms. The summed E-state index contributed by atoms with van der Waals surface area (Å²) in [6, 6.07) is 10.2. The molecule has 5 nitrogen and oxygen atoms in total. The van der Waals surface area contributed by atoms with E-state index in [9.17, 15) is 9.59 Å². The summed E-state index contributed by atoms with van der Waals surface area (Å²) in [6.45, 7) is 5.56. The van der Waals surface area contributed by atoms with E-state index in [0.29, 0.717) is 13.1 Å². The number of H-pyrrole nitrogens is 1. The number of carbonyl (C=O) groups excluding carboxylic acids is 1. The van der Waals surface area contributed by atoms with E-state index in [1.165, 1.54) is 18.1 Å². The van der Waals surface area contributed by atoms with Crippen LogP contribution in [0.3, 0.4) is 0 Å². The lowest BCUT2D eigenvalue weighted by Crippen LogP contribution is -2.34. The van der Waals surface area contributed by atoms with E-state index in [1.807, 2.05) is 18.2 Å². The van der Waals surface area contributed by atoms with Gasteiger partial charge in [0.15, 0.2) is 0 Å². The predicted molar refractivity (Wildman–Crippen MR) is 83.7 cm³/mol. The Bertz CT molecular complexity index is 737. The molecule has 1 fully saturated rings. The second-order valence-corrected chi connectivity index (χ2v) is 6.43. The molecule has 114 valence electrons. The summed E-state index contributed by atoms with van der Waals surface area (Å²) in [5.74, 6) is 0.00857. The molecule has 1 saturated heterocycles. The summed E-state index contributed by atoms with van der Waals surface area (Å²) in [6.07, 6.45) is 2.63. The standard InChI is InChI=1S/C17H19N3O2/c1-17(2)10-20(9-14(17)12-6-4-3-5-7-12)16(22)13-8-18-11-19-15(13)21/h3-8,11,14H,9-10H2,1-2H3,(H,18,19,21). The molecule has 1 amide bonds. The molecule has 0 radical (unpaired) electrons. The van der Waals surface area contributed by atoms with Crippen LogP contribution in [0, 0.1) is 5.41 Å². The van der Waals surface area contributed by atoms with Gasteiger partial charge in [-0.2, -0.15) is 0 Å². The Hall–Kier alpha value is -2.43. The smallest absolute Gasteiger partial charge is 0.263 e. The van der Waals surface area contributed by atoms with Crippen LogP contribution in [0.5, 0.6) is 0 Å². The van der Waals surface area contributed by atoms with E-state index in [4.69, 9.17) is 0 Å². The Balaban J connectivity index is 1.88. The number of nitrogens with zero attached hydrogens (tertiary/aromatic N) is 2. The number of carbonyl (C=O) groups is 1. The zero-order chi connectivity index (χ0) is 15.7. The highest BCUT2D eigenvalue weighted by atomic mass is 16.2. The van der Waals surface area contributed by atoms with Gasteiger partial charge in [0.25, 0.3) is 11.5 Å². The zero-order valence-corrected chi connectivity index (χ0v) is 12.7. The minimum atomic E-state index is -0.388. The maximum atomic E-state index is 12.6. The summed E-state index contributed by atoms with van der Waals surface area (Å²) >= 11 is 0. The molecule has 3 rings (SSSR count). The van der Waals surface area contributed by atoms with Crippen molar-refractivity contribution in [1.29, 1.82) is 0 Å². The van der Waals surface area contributed by atoms with Crippen LogP contribution < -0.4 is 5.56 Å². The summed E-state index contributed by atoms with van der Waals surface area (Å²) in [7, 11) is 0. The molecule has 1 aromatic carbocycles. The predicted octanol–water partition coefficient (Wildman–Crippen LogP) is 2.04. The molecule has 2 heterocycles. The maximum Gasteiger partial charge on any atom is 0.263 e. The van der Waals surface area contributed by atoms with Gasteiger partial charge in [-0.25, -0.2) is 4.98 Å². The van der Waals surface area contributed by atoms with Crippen LogP contribution in [-0.4, -0.2) is 33.9 Å². The van der Waals surface area contributed by atoms with Crippen LogP contribution in [0.4, 0.5) is 0 Å². The van der Waals surface area contributed by atoms with E-state index < -0.39 is 0 Å². The molecule has 1 N–H and O–H groups in total. The summed E-state index contributed by atoms with van der Waals surface area (Å²) in [5, 5.41) is 0. The first kappa shape index (κ1) is 14.5. The number of aromatic amines is 1. The van der Waals surface area contributed by atoms with Crippen LogP contribution in [0.1, 0.15) is 35.7 Å². The van der Waals surface area contributed by atoms with E-state index in [-0.39, 0.29) is 28.4 Å². The van der Waals surface area contributed by atoms with Crippen molar-refractivity contribution in [2.75, 3.05) is 13.1 Å². The molecule has 22 heavy (non-hydrogen) atoms. The van der Waals surface area contributed by atoms with Crippen molar-refractivity contribution >= 4 is 5.91 Å². The van der Waals surface area contributed by atoms with Gasteiger partial charge in [0, 0.05) is 25.2 Å². The molecule has 1 unspecified atom stereocenters. The lowest BCUT2D eigenvalue weighted by atomic mass is 9.78. The van der Waals surface area contributed by atoms with Gasteiger partial charge in [0.1, 0.15) is 5.56 Å². The van der Waals surface area contributed by atoms with E-state index in [0.717, 1.165) is 0 Å². The Morgan fingerprint density at radius 3 is 2.73 bits per heavy atom. The van der Waals surface area contributed by atoms with Crippen LogP contribution in [0.25, 0.3) is 0 Å². The fourth-order valence-electron chi connectivity index (χ4n) is 3.20. The number of likely N-dealkylation sites (tertiary alicyclic amines) is 1. The van der Waals surface area contributed by atoms with Crippen molar-refractivity contribution in [2.24, 2.45) is 5.41 Å². The Kier molecular flexibility index (Phi) is 3.56. The molecule has 0 spiro atoms. The highest BCUT2D eigenvalue weighted by Gasteiger charge is 2.42. The van der Waals surface area contributed by atoms with Crippen molar-refractivity contribution in [1.82, 2.24) is 14.9 Å². The van der Waals surface area contributed by atoms with Gasteiger partial charge in [-0.05, 0) is 11.0 Å². The molecule has 0 saturated carbocycles. The highest BCUT2D eigenvalue weighted by molar-refractivity contribution is 5.93. The van der Waals surface area contributed by atoms with E-state index >= 15 is 0 Å². The number of hydrogen-bond acceptors (Lipinski definition) is 3. The van der Waals surface area contributed by atoms with Crippen molar-refractivity contribution < 1.29 is 4.79 Å². The molecule has 1 atom stereocenters. The SMILES string of the molecule is CC1(C)CN(C(=O)c2cnc[nH]c2=O)CC1c1ccccc1. The van der Waals surface area contributed by atoms with Crippen molar-refractivity contribution in [3.8, 4) is 0 Å². The molecule has 0 aliphatic carbocycles. The lowest BCUT2D eigenvalue weighted by Gasteiger charge is -2.25. The van der Waals surface area contributed by atoms with Gasteiger partial charge < -0.3 is 9.88 Å². The largest absolute Gasteiger partial charge is 0.337 e. The molecule has 5 heteroatoms. The minimum Gasteiger partial charge on any atom is -0.337 e. The fourth-order valence-corrected chi connectivity index (χ4v) is 3.20. The third-order valence-corrected chi connectivity index (χ3v) is 4.38. The number of nitrogens with one attached hydrogen (secondary N) is 1. The van der Waals surface area contributed by atoms with Crippen LogP contribution in [0.2, 0.25) is 0 Å². The number of rotatable bonds is 2. The van der Waals surface area contributed by atoms with Crippen LogP contribution in [0.15, 0.2) is 47.7 Å². The average Bonchev–Trinajstić information content (AvgIpc) is 2.83. The van der Waals surface area contributed by atoms with Gasteiger partial charge in [-0.3, -0.25) is 9.59 Å². The molecule has 2 aromatic rings. The van der Waals surface area contributed by atoms with Gasteiger partial charge in [0.05, 0.1) is 6.33 Å². The quantitative estimate of drug-likeness (QED) is 0.922. The lowest BCUT2D eigenvalue weighted by molar-refractivity contribution is 0.0775. The van der Waals surface area contributed by atoms with Gasteiger partial charge >= 0.3 is 0 Å². The van der Waals surface area contributed by atoms with Crippen molar-refractivity contribution in [3.63, 3.8) is 0 Å². The average molecular weight is 297 g/mol. The van der Waals surface area contributed by atoms with E-state index in [1.54, 1.807) is 4.90 Å². The van der Waals surface area contributed by atoms with Crippen LogP contribution in [-0.2, 0) is 0 Å². The van der Waals surface area contributed by atoms with Gasteiger partial charge in [-0.1, -0.05) is 44.2 Å². The maximum absolute atomic E-state index is 12.6. The Labute approximate surface area is 129 Å². The number of amides is 1. The second-order valence-electron chi connectivity index (χ2n) is 6.43. The molecule has 1 aliphatic heterocycles. The Morgan fingerprint density at radius 1 is 1.32 bits per heavy atom. The van der Waals surface area contributed by atoms with Crippen molar-refractivity contribution in [2.45, 2.75) is 19.8 Å². The highest BCUT2D eigenvalue weighted by Crippen LogP contribution is 2.42. The second kappa shape index (κ2) is 5.40. The monoisotopic (exact) mass is 297 g/mol. The first-order valence-electron chi connectivity index (χ1n) is 7.36.